The van der Waals surface area contributed by atoms with Gasteiger partial charge in [0.05, 0.1) is 19.4 Å². The van der Waals surface area contributed by atoms with E-state index in [0.29, 0.717) is 6.61 Å². The van der Waals surface area contributed by atoms with E-state index in [1.165, 1.54) is 0 Å². The summed E-state index contributed by atoms with van der Waals surface area (Å²) in [6, 6.07) is 15.1. The molecule has 0 bridgehead atoms. The third-order valence-corrected chi connectivity index (χ3v) is 3.36. The SMILES string of the molecule is CCOc1ccc(NCC(=O)N/N=C/c2cccc(Br)c2)cc1. The van der Waals surface area contributed by atoms with Crippen LogP contribution in [0.1, 0.15) is 12.5 Å². The number of hydrogen-bond donors (Lipinski definition) is 2. The first-order valence-electron chi connectivity index (χ1n) is 7.21. The molecule has 0 radical (unpaired) electrons. The fourth-order valence-corrected chi connectivity index (χ4v) is 2.24. The van der Waals surface area contributed by atoms with Crippen molar-refractivity contribution in [1.82, 2.24) is 5.43 Å². The van der Waals surface area contributed by atoms with Gasteiger partial charge in [0, 0.05) is 10.2 Å². The van der Waals surface area contributed by atoms with Crippen molar-refractivity contribution in [3.05, 3.63) is 58.6 Å². The Bertz CT molecular complexity index is 672. The highest BCUT2D eigenvalue weighted by molar-refractivity contribution is 9.10. The second kappa shape index (κ2) is 8.95. The van der Waals surface area contributed by atoms with E-state index in [0.717, 1.165) is 21.5 Å². The molecule has 6 heteroatoms. The molecule has 0 aromatic heterocycles. The van der Waals surface area contributed by atoms with Gasteiger partial charge in [-0.05, 0) is 48.9 Å². The van der Waals surface area contributed by atoms with Crippen LogP contribution in [0.15, 0.2) is 58.1 Å². The lowest BCUT2D eigenvalue weighted by Gasteiger charge is -2.07. The average molecular weight is 376 g/mol. The van der Waals surface area contributed by atoms with Crippen molar-refractivity contribution in [3.63, 3.8) is 0 Å². The number of halogens is 1. The van der Waals surface area contributed by atoms with Crippen molar-refractivity contribution in [2.75, 3.05) is 18.5 Å². The predicted octanol–water partition coefficient (Wildman–Crippen LogP) is 3.41. The summed E-state index contributed by atoms with van der Waals surface area (Å²) in [6.45, 7) is 2.71. The number of nitrogens with one attached hydrogen (secondary N) is 2. The maximum absolute atomic E-state index is 11.7. The molecule has 2 aromatic carbocycles. The van der Waals surface area contributed by atoms with E-state index in [4.69, 9.17) is 4.74 Å². The first-order chi connectivity index (χ1) is 11.2. The molecule has 120 valence electrons. The van der Waals surface area contributed by atoms with Crippen molar-refractivity contribution < 1.29 is 9.53 Å². The van der Waals surface area contributed by atoms with Crippen LogP contribution in [0.5, 0.6) is 5.75 Å². The van der Waals surface area contributed by atoms with Crippen LogP contribution in [0.4, 0.5) is 5.69 Å². The smallest absolute Gasteiger partial charge is 0.259 e. The van der Waals surface area contributed by atoms with Crippen LogP contribution in [0, 0.1) is 0 Å². The molecule has 2 N–H and O–H groups in total. The first-order valence-corrected chi connectivity index (χ1v) is 8.01. The highest BCUT2D eigenvalue weighted by Gasteiger charge is 2.00. The first kappa shape index (κ1) is 17.0. The van der Waals surface area contributed by atoms with Crippen LogP contribution in [-0.2, 0) is 4.79 Å². The van der Waals surface area contributed by atoms with Crippen molar-refractivity contribution in [2.45, 2.75) is 6.92 Å². The van der Waals surface area contributed by atoms with Crippen LogP contribution in [-0.4, -0.2) is 25.3 Å². The molecule has 1 amide bonds. The van der Waals surface area contributed by atoms with Crippen molar-refractivity contribution in [1.29, 1.82) is 0 Å². The highest BCUT2D eigenvalue weighted by Crippen LogP contribution is 2.15. The molecule has 2 aromatic rings. The summed E-state index contributed by atoms with van der Waals surface area (Å²) in [5, 5.41) is 6.95. The molecular weight excluding hydrogens is 358 g/mol. The lowest BCUT2D eigenvalue weighted by molar-refractivity contribution is -0.119. The van der Waals surface area contributed by atoms with Gasteiger partial charge in [0.1, 0.15) is 5.75 Å². The standard InChI is InChI=1S/C17H18BrN3O2/c1-2-23-16-8-6-15(7-9-16)19-12-17(22)21-20-11-13-4-3-5-14(18)10-13/h3-11,19H,2,12H2,1H3,(H,21,22)/b20-11+. The van der Waals surface area contributed by atoms with Crippen LogP contribution in [0.25, 0.3) is 0 Å². The van der Waals surface area contributed by atoms with Gasteiger partial charge in [-0.3, -0.25) is 4.79 Å². The molecule has 0 aliphatic rings. The number of carbonyl (C=O) groups is 1. The fraction of sp³-hybridized carbons (Fsp3) is 0.176. The van der Waals surface area contributed by atoms with E-state index >= 15 is 0 Å². The average Bonchev–Trinajstić information content (AvgIpc) is 2.55. The summed E-state index contributed by atoms with van der Waals surface area (Å²) in [4.78, 5) is 11.7. The molecule has 5 nitrogen and oxygen atoms in total. The summed E-state index contributed by atoms with van der Waals surface area (Å²) in [5.74, 6) is 0.589. The van der Waals surface area contributed by atoms with E-state index < -0.39 is 0 Å². The molecule has 0 saturated carbocycles. The third-order valence-electron chi connectivity index (χ3n) is 2.87. The molecule has 2 rings (SSSR count). The number of anilines is 1. The number of rotatable bonds is 7. The number of ether oxygens (including phenoxy) is 1. The summed E-state index contributed by atoms with van der Waals surface area (Å²) < 4.78 is 6.32. The third kappa shape index (κ3) is 6.12. The maximum atomic E-state index is 11.7. The van der Waals surface area contributed by atoms with E-state index in [9.17, 15) is 4.79 Å². The summed E-state index contributed by atoms with van der Waals surface area (Å²) in [7, 11) is 0. The van der Waals surface area contributed by atoms with E-state index in [2.05, 4.69) is 31.8 Å². The largest absolute Gasteiger partial charge is 0.494 e. The lowest BCUT2D eigenvalue weighted by atomic mass is 10.2. The quantitative estimate of drug-likeness (QED) is 0.575. The second-order valence-electron chi connectivity index (χ2n) is 4.66. The van der Waals surface area contributed by atoms with E-state index in [-0.39, 0.29) is 12.5 Å². The predicted molar refractivity (Wildman–Crippen MR) is 96.0 cm³/mol. The lowest BCUT2D eigenvalue weighted by Crippen LogP contribution is -2.25. The number of hydrogen-bond acceptors (Lipinski definition) is 4. The summed E-state index contributed by atoms with van der Waals surface area (Å²) >= 11 is 3.38. The van der Waals surface area contributed by atoms with E-state index in [1.807, 2.05) is 55.5 Å². The number of benzene rings is 2. The number of amides is 1. The van der Waals surface area contributed by atoms with Crippen LogP contribution in [0.2, 0.25) is 0 Å². The zero-order chi connectivity index (χ0) is 16.5. The zero-order valence-corrected chi connectivity index (χ0v) is 14.3. The van der Waals surface area contributed by atoms with Gasteiger partial charge in [-0.1, -0.05) is 28.1 Å². The Morgan fingerprint density at radius 2 is 2.04 bits per heavy atom. The van der Waals surface area contributed by atoms with Crippen molar-refractivity contribution in [2.24, 2.45) is 5.10 Å². The minimum absolute atomic E-state index is 0.143. The fourth-order valence-electron chi connectivity index (χ4n) is 1.82. The van der Waals surface area contributed by atoms with Crippen LogP contribution in [0.3, 0.4) is 0 Å². The van der Waals surface area contributed by atoms with Gasteiger partial charge in [0.25, 0.3) is 5.91 Å². The minimum Gasteiger partial charge on any atom is -0.494 e. The number of carbonyl (C=O) groups excluding carboxylic acids is 1. The van der Waals surface area contributed by atoms with Gasteiger partial charge in [0.15, 0.2) is 0 Å². The number of nitrogens with zero attached hydrogens (tertiary/aromatic N) is 1. The van der Waals surface area contributed by atoms with E-state index in [1.54, 1.807) is 6.21 Å². The van der Waals surface area contributed by atoms with Gasteiger partial charge in [-0.25, -0.2) is 5.43 Å². The van der Waals surface area contributed by atoms with Gasteiger partial charge in [0.2, 0.25) is 0 Å². The summed E-state index contributed by atoms with van der Waals surface area (Å²) in [6.07, 6.45) is 1.60. The second-order valence-corrected chi connectivity index (χ2v) is 5.57. The molecule has 0 saturated heterocycles. The van der Waals surface area contributed by atoms with Crippen LogP contribution >= 0.6 is 15.9 Å². The highest BCUT2D eigenvalue weighted by atomic mass is 79.9. The van der Waals surface area contributed by atoms with Gasteiger partial charge in [-0.15, -0.1) is 0 Å². The topological polar surface area (TPSA) is 62.7 Å². The maximum Gasteiger partial charge on any atom is 0.259 e. The monoisotopic (exact) mass is 375 g/mol. The number of hydrazone groups is 1. The zero-order valence-electron chi connectivity index (χ0n) is 12.8. The van der Waals surface area contributed by atoms with Gasteiger partial charge in [-0.2, -0.15) is 5.10 Å². The van der Waals surface area contributed by atoms with Crippen molar-refractivity contribution in [3.8, 4) is 5.75 Å². The normalized spacial score (nSPS) is 10.5. The molecule has 23 heavy (non-hydrogen) atoms. The Labute approximate surface area is 143 Å². The molecular formula is C17H18BrN3O2. The summed E-state index contributed by atoms with van der Waals surface area (Å²) in [5.41, 5.74) is 4.23. The van der Waals surface area contributed by atoms with Gasteiger partial charge >= 0.3 is 0 Å². The van der Waals surface area contributed by atoms with Crippen LogP contribution < -0.4 is 15.5 Å². The molecule has 0 atom stereocenters. The molecule has 0 spiro atoms. The Morgan fingerprint density at radius 1 is 1.26 bits per heavy atom. The molecule has 0 heterocycles. The van der Waals surface area contributed by atoms with Crippen molar-refractivity contribution >= 4 is 33.7 Å². The Hall–Kier alpha value is -2.34. The Balaban J connectivity index is 1.76. The minimum atomic E-state index is -0.217. The molecule has 0 aliphatic heterocycles. The Morgan fingerprint density at radius 3 is 2.74 bits per heavy atom. The Kier molecular flexibility index (Phi) is 6.62. The molecule has 0 fully saturated rings. The molecule has 0 aliphatic carbocycles. The van der Waals surface area contributed by atoms with Gasteiger partial charge < -0.3 is 10.1 Å². The molecule has 0 unspecified atom stereocenters.